The van der Waals surface area contributed by atoms with Gasteiger partial charge in [0.15, 0.2) is 0 Å². The van der Waals surface area contributed by atoms with E-state index in [1.165, 1.54) is 0 Å². The number of nitrogens with zero attached hydrogens (tertiary/aromatic N) is 4. The quantitative estimate of drug-likeness (QED) is 0.484. The van der Waals surface area contributed by atoms with Crippen molar-refractivity contribution in [2.45, 2.75) is 19.9 Å². The van der Waals surface area contributed by atoms with E-state index in [1.807, 2.05) is 60.3 Å². The van der Waals surface area contributed by atoms with E-state index < -0.39 is 0 Å². The van der Waals surface area contributed by atoms with Crippen molar-refractivity contribution in [2.75, 3.05) is 0 Å². The molecule has 6 heteroatoms. The van der Waals surface area contributed by atoms with E-state index in [9.17, 15) is 10.1 Å². The van der Waals surface area contributed by atoms with Crippen molar-refractivity contribution < 1.29 is 0 Å². The third-order valence-corrected chi connectivity index (χ3v) is 5.63. The Hall–Kier alpha value is -3.98. The average molecular weight is 395 g/mol. The van der Waals surface area contributed by atoms with Gasteiger partial charge >= 0.3 is 5.69 Å². The van der Waals surface area contributed by atoms with Crippen LogP contribution in [0.4, 0.5) is 0 Å². The van der Waals surface area contributed by atoms with Crippen LogP contribution in [0.2, 0.25) is 0 Å². The molecule has 0 unspecified atom stereocenters. The third-order valence-electron chi connectivity index (χ3n) is 5.63. The van der Waals surface area contributed by atoms with Gasteiger partial charge in [-0.1, -0.05) is 43.3 Å². The number of nitrogens with one attached hydrogen (secondary N) is 1. The summed E-state index contributed by atoms with van der Waals surface area (Å²) in [5.74, 6) is 0. The molecule has 0 atom stereocenters. The van der Waals surface area contributed by atoms with Crippen LogP contribution in [-0.2, 0) is 13.6 Å². The zero-order chi connectivity index (χ0) is 20.8. The number of rotatable bonds is 4. The van der Waals surface area contributed by atoms with Crippen molar-refractivity contribution in [3.05, 3.63) is 77.1 Å². The van der Waals surface area contributed by atoms with E-state index in [1.54, 1.807) is 4.57 Å². The first-order valence-corrected chi connectivity index (χ1v) is 10.0. The Morgan fingerprint density at radius 2 is 1.70 bits per heavy atom. The van der Waals surface area contributed by atoms with E-state index in [0.717, 1.165) is 46.0 Å². The Kier molecular flexibility index (Phi) is 4.11. The summed E-state index contributed by atoms with van der Waals surface area (Å²) >= 11 is 0. The topological polar surface area (TPSA) is 71.4 Å². The number of H-pyrrole nitrogens is 1. The van der Waals surface area contributed by atoms with Gasteiger partial charge < -0.3 is 9.13 Å². The number of aromatic amines is 1. The normalized spacial score (nSPS) is 11.4. The maximum atomic E-state index is 13.1. The molecule has 0 amide bonds. The third kappa shape index (κ3) is 2.52. The Bertz CT molecular complexity index is 1500. The van der Waals surface area contributed by atoms with Crippen LogP contribution >= 0.6 is 0 Å². The van der Waals surface area contributed by atoms with Gasteiger partial charge in [-0.25, -0.2) is 4.79 Å². The molecule has 5 rings (SSSR count). The van der Waals surface area contributed by atoms with Gasteiger partial charge in [0.1, 0.15) is 11.8 Å². The molecule has 0 saturated carbocycles. The zero-order valence-electron chi connectivity index (χ0n) is 16.9. The molecule has 3 aromatic heterocycles. The second kappa shape index (κ2) is 6.82. The van der Waals surface area contributed by atoms with Crippen molar-refractivity contribution in [1.82, 2.24) is 18.7 Å². The van der Waals surface area contributed by atoms with Gasteiger partial charge in [-0.05, 0) is 18.6 Å². The highest BCUT2D eigenvalue weighted by molar-refractivity contribution is 5.97. The molecule has 0 aliphatic heterocycles. The molecule has 30 heavy (non-hydrogen) atoms. The fourth-order valence-electron chi connectivity index (χ4n) is 4.36. The molecule has 0 radical (unpaired) electrons. The highest BCUT2D eigenvalue weighted by atomic mass is 16.1. The van der Waals surface area contributed by atoms with Gasteiger partial charge in [0, 0.05) is 53.4 Å². The molecule has 6 nitrogen and oxygen atoms in total. The minimum absolute atomic E-state index is 0.271. The van der Waals surface area contributed by atoms with Crippen LogP contribution in [0.1, 0.15) is 19.0 Å². The molecule has 0 aliphatic rings. The number of hydrogen-bond acceptors (Lipinski definition) is 2. The number of benzene rings is 2. The largest absolute Gasteiger partial charge is 0.348 e. The molecule has 3 heterocycles. The summed E-state index contributed by atoms with van der Waals surface area (Å²) in [4.78, 5) is 15.8. The summed E-state index contributed by atoms with van der Waals surface area (Å²) < 4.78 is 5.83. The zero-order valence-corrected chi connectivity index (χ0v) is 16.9. The lowest BCUT2D eigenvalue weighted by molar-refractivity contribution is 0.704. The molecule has 0 saturated heterocycles. The number of aromatic nitrogens is 4. The number of imidazole rings is 1. The number of hydrogen-bond donors (Lipinski definition) is 1. The number of para-hydroxylation sites is 2. The van der Waals surface area contributed by atoms with Gasteiger partial charge in [-0.2, -0.15) is 5.26 Å². The maximum Gasteiger partial charge on any atom is 0.331 e. The van der Waals surface area contributed by atoms with Gasteiger partial charge in [-0.3, -0.25) is 9.55 Å². The fourth-order valence-corrected chi connectivity index (χ4v) is 4.36. The van der Waals surface area contributed by atoms with Crippen LogP contribution in [-0.4, -0.2) is 18.7 Å². The number of fused-ring (bicyclic) bond motifs is 2. The standard InChI is InChI=1S/C24H21N5O/c1-3-12-28-14-18(16-8-4-7-11-21(16)28)23-19(13-25)26-24(30)29(23)22-15-27(2)20-10-6-5-9-17(20)22/h4-11,14-15H,3,12H2,1-2H3,(H,26,30). The van der Waals surface area contributed by atoms with Gasteiger partial charge in [0.2, 0.25) is 0 Å². The number of aryl methyl sites for hydroxylation is 2. The van der Waals surface area contributed by atoms with Gasteiger partial charge in [0.05, 0.1) is 11.4 Å². The maximum absolute atomic E-state index is 13.1. The predicted molar refractivity (Wildman–Crippen MR) is 119 cm³/mol. The second-order valence-electron chi connectivity index (χ2n) is 7.50. The second-order valence-corrected chi connectivity index (χ2v) is 7.50. The van der Waals surface area contributed by atoms with Crippen LogP contribution in [0.3, 0.4) is 0 Å². The summed E-state index contributed by atoms with van der Waals surface area (Å²) in [7, 11) is 1.96. The van der Waals surface area contributed by atoms with E-state index in [4.69, 9.17) is 0 Å². The first-order valence-electron chi connectivity index (χ1n) is 10.0. The van der Waals surface area contributed by atoms with E-state index >= 15 is 0 Å². The van der Waals surface area contributed by atoms with Crippen LogP contribution in [0.25, 0.3) is 38.8 Å². The van der Waals surface area contributed by atoms with E-state index in [0.29, 0.717) is 5.69 Å². The lowest BCUT2D eigenvalue weighted by Gasteiger charge is -2.06. The molecular formula is C24H21N5O. The molecule has 1 N–H and O–H groups in total. The van der Waals surface area contributed by atoms with Gasteiger partial charge in [0.25, 0.3) is 0 Å². The summed E-state index contributed by atoms with van der Waals surface area (Å²) in [5.41, 5.74) is 4.32. The predicted octanol–water partition coefficient (Wildman–Crippen LogP) is 4.56. The van der Waals surface area contributed by atoms with Crippen LogP contribution in [0.15, 0.2) is 65.7 Å². The molecule has 0 aliphatic carbocycles. The lowest BCUT2D eigenvalue weighted by Crippen LogP contribution is -2.15. The number of nitriles is 1. The molecule has 148 valence electrons. The summed E-state index contributed by atoms with van der Waals surface area (Å²) in [6, 6.07) is 18.3. The molecule has 0 fully saturated rings. The monoisotopic (exact) mass is 395 g/mol. The van der Waals surface area contributed by atoms with Gasteiger partial charge in [-0.15, -0.1) is 0 Å². The Morgan fingerprint density at radius 3 is 2.43 bits per heavy atom. The molecular weight excluding hydrogens is 374 g/mol. The Labute approximate surface area is 173 Å². The highest BCUT2D eigenvalue weighted by Gasteiger charge is 2.23. The van der Waals surface area contributed by atoms with Crippen LogP contribution < -0.4 is 5.69 Å². The minimum Gasteiger partial charge on any atom is -0.348 e. The summed E-state index contributed by atoms with van der Waals surface area (Å²) in [5, 5.41) is 11.8. The highest BCUT2D eigenvalue weighted by Crippen LogP contribution is 2.35. The molecule has 0 bridgehead atoms. The Balaban J connectivity index is 1.89. The average Bonchev–Trinajstić information content (AvgIpc) is 3.40. The van der Waals surface area contributed by atoms with E-state index in [2.05, 4.69) is 34.8 Å². The van der Waals surface area contributed by atoms with Crippen molar-refractivity contribution in [2.24, 2.45) is 7.05 Å². The minimum atomic E-state index is -0.315. The van der Waals surface area contributed by atoms with Crippen LogP contribution in [0.5, 0.6) is 0 Å². The Morgan fingerprint density at radius 1 is 1.00 bits per heavy atom. The van der Waals surface area contributed by atoms with Crippen molar-refractivity contribution in [1.29, 1.82) is 5.26 Å². The first kappa shape index (κ1) is 18.1. The molecule has 2 aromatic carbocycles. The van der Waals surface area contributed by atoms with E-state index in [-0.39, 0.29) is 11.4 Å². The van der Waals surface area contributed by atoms with Crippen molar-refractivity contribution in [3.63, 3.8) is 0 Å². The summed E-state index contributed by atoms with van der Waals surface area (Å²) in [6.07, 6.45) is 4.99. The van der Waals surface area contributed by atoms with Crippen molar-refractivity contribution in [3.8, 4) is 23.0 Å². The fraction of sp³-hybridized carbons (Fsp3) is 0.167. The first-order chi connectivity index (χ1) is 14.6. The lowest BCUT2D eigenvalue weighted by atomic mass is 10.1. The molecule has 0 spiro atoms. The summed E-state index contributed by atoms with van der Waals surface area (Å²) in [6.45, 7) is 3.00. The van der Waals surface area contributed by atoms with Crippen molar-refractivity contribution >= 4 is 21.8 Å². The smallest absolute Gasteiger partial charge is 0.331 e. The SMILES string of the molecule is CCCn1cc(-c2c(C#N)[nH]c(=O)n2-c2cn(C)c3ccccc23)c2ccccc21. The van der Waals surface area contributed by atoms with Crippen LogP contribution in [0, 0.1) is 11.3 Å². The molecule has 5 aromatic rings.